The third-order valence-electron chi connectivity index (χ3n) is 2.45. The molecule has 0 aliphatic heterocycles. The summed E-state index contributed by atoms with van der Waals surface area (Å²) in [7, 11) is 0. The fourth-order valence-electron chi connectivity index (χ4n) is 1.42. The molecule has 0 aromatic rings. The SMILES string of the molecule is CCNCCCNC(=O)NC(C(=O)O)C(C)(C)C. The first-order chi connectivity index (χ1) is 8.29. The smallest absolute Gasteiger partial charge is 0.326 e. The van der Waals surface area contributed by atoms with E-state index in [9.17, 15) is 9.59 Å². The zero-order chi connectivity index (χ0) is 14.2. The number of rotatable bonds is 7. The summed E-state index contributed by atoms with van der Waals surface area (Å²) in [6.45, 7) is 9.59. The maximum absolute atomic E-state index is 11.5. The molecule has 1 unspecified atom stereocenters. The van der Waals surface area contributed by atoms with Gasteiger partial charge in [-0.1, -0.05) is 27.7 Å². The molecule has 2 amide bonds. The standard InChI is InChI=1S/C12H25N3O3/c1-5-13-7-6-8-14-11(18)15-9(10(16)17)12(2,3)4/h9,13H,5-8H2,1-4H3,(H,16,17)(H2,14,15,18). The summed E-state index contributed by atoms with van der Waals surface area (Å²) >= 11 is 0. The van der Waals surface area contributed by atoms with Crippen molar-refractivity contribution in [2.24, 2.45) is 5.41 Å². The monoisotopic (exact) mass is 259 g/mol. The highest BCUT2D eigenvalue weighted by atomic mass is 16.4. The van der Waals surface area contributed by atoms with Crippen molar-refractivity contribution in [1.29, 1.82) is 0 Å². The molecule has 0 spiro atoms. The molecule has 0 rings (SSSR count). The Labute approximate surface area is 109 Å². The first-order valence-electron chi connectivity index (χ1n) is 6.27. The van der Waals surface area contributed by atoms with E-state index in [4.69, 9.17) is 5.11 Å². The number of hydrogen-bond donors (Lipinski definition) is 4. The Hall–Kier alpha value is -1.30. The second kappa shape index (κ2) is 7.92. The van der Waals surface area contributed by atoms with Gasteiger partial charge in [0.25, 0.3) is 0 Å². The lowest BCUT2D eigenvalue weighted by atomic mass is 9.87. The zero-order valence-corrected chi connectivity index (χ0v) is 11.7. The van der Waals surface area contributed by atoms with E-state index in [0.717, 1.165) is 19.5 Å². The van der Waals surface area contributed by atoms with Gasteiger partial charge in [-0.05, 0) is 24.9 Å². The molecule has 0 bridgehead atoms. The van der Waals surface area contributed by atoms with Crippen molar-refractivity contribution in [3.8, 4) is 0 Å². The van der Waals surface area contributed by atoms with Gasteiger partial charge in [-0.25, -0.2) is 9.59 Å². The number of nitrogens with one attached hydrogen (secondary N) is 3. The molecule has 0 heterocycles. The average Bonchev–Trinajstić information content (AvgIpc) is 2.23. The van der Waals surface area contributed by atoms with Gasteiger partial charge < -0.3 is 21.1 Å². The molecule has 6 nitrogen and oxygen atoms in total. The molecule has 0 radical (unpaired) electrons. The second-order valence-corrected chi connectivity index (χ2v) is 5.24. The summed E-state index contributed by atoms with van der Waals surface area (Å²) < 4.78 is 0. The van der Waals surface area contributed by atoms with Gasteiger partial charge in [-0.15, -0.1) is 0 Å². The van der Waals surface area contributed by atoms with Crippen LogP contribution in [-0.4, -0.2) is 42.8 Å². The molecule has 0 aliphatic carbocycles. The Morgan fingerprint density at radius 3 is 2.28 bits per heavy atom. The number of hydrogen-bond acceptors (Lipinski definition) is 3. The van der Waals surface area contributed by atoms with Gasteiger partial charge in [0.2, 0.25) is 0 Å². The third-order valence-corrected chi connectivity index (χ3v) is 2.45. The van der Waals surface area contributed by atoms with Crippen LogP contribution >= 0.6 is 0 Å². The maximum Gasteiger partial charge on any atom is 0.326 e. The highest BCUT2D eigenvalue weighted by molar-refractivity contribution is 5.83. The second-order valence-electron chi connectivity index (χ2n) is 5.24. The van der Waals surface area contributed by atoms with E-state index in [1.165, 1.54) is 0 Å². The Kier molecular flexibility index (Phi) is 7.35. The van der Waals surface area contributed by atoms with Crippen molar-refractivity contribution in [1.82, 2.24) is 16.0 Å². The lowest BCUT2D eigenvalue weighted by Crippen LogP contribution is -2.52. The van der Waals surface area contributed by atoms with Crippen LogP contribution < -0.4 is 16.0 Å². The fraction of sp³-hybridized carbons (Fsp3) is 0.833. The van der Waals surface area contributed by atoms with E-state index in [-0.39, 0.29) is 0 Å². The number of amides is 2. The Balaban J connectivity index is 4.01. The Bertz CT molecular complexity index is 274. The minimum Gasteiger partial charge on any atom is -0.480 e. The molecule has 0 aromatic carbocycles. The first kappa shape index (κ1) is 16.7. The quantitative estimate of drug-likeness (QED) is 0.509. The van der Waals surface area contributed by atoms with E-state index in [2.05, 4.69) is 16.0 Å². The molecule has 0 saturated carbocycles. The summed E-state index contributed by atoms with van der Waals surface area (Å²) in [5, 5.41) is 17.3. The molecule has 0 aromatic heterocycles. The number of carboxylic acid groups (broad SMARTS) is 1. The molecule has 1 atom stereocenters. The van der Waals surface area contributed by atoms with Crippen molar-refractivity contribution >= 4 is 12.0 Å². The summed E-state index contributed by atoms with van der Waals surface area (Å²) in [5.74, 6) is -1.02. The highest BCUT2D eigenvalue weighted by Crippen LogP contribution is 2.19. The summed E-state index contributed by atoms with van der Waals surface area (Å²) in [5.41, 5.74) is -0.521. The molecule has 18 heavy (non-hydrogen) atoms. The van der Waals surface area contributed by atoms with Crippen LogP contribution in [0.2, 0.25) is 0 Å². The first-order valence-corrected chi connectivity index (χ1v) is 6.27. The van der Waals surface area contributed by atoms with Gasteiger partial charge in [0.05, 0.1) is 0 Å². The number of carbonyl (C=O) groups is 2. The van der Waals surface area contributed by atoms with E-state index in [0.29, 0.717) is 6.54 Å². The summed E-state index contributed by atoms with van der Waals surface area (Å²) in [4.78, 5) is 22.6. The van der Waals surface area contributed by atoms with Crippen molar-refractivity contribution in [3.63, 3.8) is 0 Å². The topological polar surface area (TPSA) is 90.5 Å². The minimum absolute atomic E-state index is 0.436. The van der Waals surface area contributed by atoms with Crippen LogP contribution in [0.4, 0.5) is 4.79 Å². The number of urea groups is 1. The molecule has 6 heteroatoms. The van der Waals surface area contributed by atoms with E-state index in [1.807, 2.05) is 6.92 Å². The van der Waals surface area contributed by atoms with Crippen LogP contribution in [0.1, 0.15) is 34.1 Å². The Morgan fingerprint density at radius 2 is 1.83 bits per heavy atom. The maximum atomic E-state index is 11.5. The molecule has 4 N–H and O–H groups in total. The van der Waals surface area contributed by atoms with Gasteiger partial charge in [-0.3, -0.25) is 0 Å². The number of aliphatic carboxylic acids is 1. The normalized spacial score (nSPS) is 12.9. The van der Waals surface area contributed by atoms with Gasteiger partial charge in [0, 0.05) is 6.54 Å². The largest absolute Gasteiger partial charge is 0.480 e. The molecular weight excluding hydrogens is 234 g/mol. The van der Waals surface area contributed by atoms with Crippen LogP contribution in [0.3, 0.4) is 0 Å². The zero-order valence-electron chi connectivity index (χ0n) is 11.7. The molecular formula is C12H25N3O3. The molecule has 0 aliphatic rings. The number of carboxylic acids is 1. The van der Waals surface area contributed by atoms with Crippen LogP contribution in [-0.2, 0) is 4.79 Å². The lowest BCUT2D eigenvalue weighted by Gasteiger charge is -2.27. The van der Waals surface area contributed by atoms with Gasteiger partial charge in [-0.2, -0.15) is 0 Å². The predicted octanol–water partition coefficient (Wildman–Crippen LogP) is 0.785. The molecule has 0 fully saturated rings. The van der Waals surface area contributed by atoms with E-state index < -0.39 is 23.5 Å². The van der Waals surface area contributed by atoms with Crippen LogP contribution in [0, 0.1) is 5.41 Å². The average molecular weight is 259 g/mol. The van der Waals surface area contributed by atoms with Gasteiger partial charge in [0.1, 0.15) is 6.04 Å². The minimum atomic E-state index is -1.02. The molecule has 106 valence electrons. The van der Waals surface area contributed by atoms with E-state index >= 15 is 0 Å². The van der Waals surface area contributed by atoms with E-state index in [1.54, 1.807) is 20.8 Å². The van der Waals surface area contributed by atoms with Gasteiger partial charge >= 0.3 is 12.0 Å². The van der Waals surface area contributed by atoms with Crippen molar-refractivity contribution < 1.29 is 14.7 Å². The third kappa shape index (κ3) is 7.11. The summed E-state index contributed by atoms with van der Waals surface area (Å²) in [6.07, 6.45) is 0.814. The highest BCUT2D eigenvalue weighted by Gasteiger charge is 2.32. The summed E-state index contributed by atoms with van der Waals surface area (Å²) in [6, 6.07) is -1.33. The van der Waals surface area contributed by atoms with Crippen molar-refractivity contribution in [2.75, 3.05) is 19.6 Å². The predicted molar refractivity (Wildman–Crippen MR) is 70.6 cm³/mol. The van der Waals surface area contributed by atoms with Crippen LogP contribution in [0.25, 0.3) is 0 Å². The fourth-order valence-corrected chi connectivity index (χ4v) is 1.42. The van der Waals surface area contributed by atoms with Crippen molar-refractivity contribution in [3.05, 3.63) is 0 Å². The molecule has 0 saturated heterocycles. The lowest BCUT2D eigenvalue weighted by molar-refractivity contribution is -0.141. The van der Waals surface area contributed by atoms with Crippen LogP contribution in [0.5, 0.6) is 0 Å². The number of carbonyl (C=O) groups excluding carboxylic acids is 1. The van der Waals surface area contributed by atoms with Gasteiger partial charge in [0.15, 0.2) is 0 Å². The van der Waals surface area contributed by atoms with Crippen LogP contribution in [0.15, 0.2) is 0 Å². The Morgan fingerprint density at radius 1 is 1.22 bits per heavy atom. The van der Waals surface area contributed by atoms with Crippen molar-refractivity contribution in [2.45, 2.75) is 40.2 Å².